The molecule has 4 aliphatic carbocycles. The molecule has 0 radical (unpaired) electrons. The molecule has 23 heavy (non-hydrogen) atoms. The molecule has 0 aliphatic heterocycles. The Morgan fingerprint density at radius 1 is 1.04 bits per heavy atom. The van der Waals surface area contributed by atoms with Gasteiger partial charge in [0, 0.05) is 0 Å². The van der Waals surface area contributed by atoms with Crippen LogP contribution in [0.3, 0.4) is 0 Å². The zero-order chi connectivity index (χ0) is 16.7. The predicted molar refractivity (Wildman–Crippen MR) is 89.8 cm³/mol. The summed E-state index contributed by atoms with van der Waals surface area (Å²) in [7, 11) is 0. The summed E-state index contributed by atoms with van der Waals surface area (Å²) in [4.78, 5) is 0. The normalized spacial score (nSPS) is 57.7. The average Bonchev–Trinajstić information content (AvgIpc) is 2.64. The van der Waals surface area contributed by atoms with E-state index in [2.05, 4.69) is 20.8 Å². The number of rotatable bonds is 1. The van der Waals surface area contributed by atoms with Crippen LogP contribution in [-0.2, 0) is 0 Å². The van der Waals surface area contributed by atoms with Crippen LogP contribution in [0.4, 0.5) is 0 Å². The van der Waals surface area contributed by atoms with Gasteiger partial charge in [0.15, 0.2) is 0 Å². The molecule has 4 aliphatic rings. The van der Waals surface area contributed by atoms with Crippen LogP contribution in [0.15, 0.2) is 0 Å². The number of hydrogen-bond acceptors (Lipinski definition) is 3. The highest BCUT2D eigenvalue weighted by Crippen LogP contribution is 2.72. The van der Waals surface area contributed by atoms with E-state index in [9.17, 15) is 15.3 Å². The SMILES string of the molecule is CC1(C)CCC[C@]2(C)[C@@H]1[C@H](O)C[C@@]13C[C@H](CC[C@H]12)[C@@](O)(CO)C3. The fourth-order valence-corrected chi connectivity index (χ4v) is 8.34. The Hall–Kier alpha value is -0.120. The van der Waals surface area contributed by atoms with Gasteiger partial charge in [-0.25, -0.2) is 0 Å². The van der Waals surface area contributed by atoms with Crippen LogP contribution in [0.25, 0.3) is 0 Å². The molecule has 3 nitrogen and oxygen atoms in total. The molecule has 3 N–H and O–H groups in total. The molecule has 0 amide bonds. The third-order valence-electron chi connectivity index (χ3n) is 8.77. The van der Waals surface area contributed by atoms with Crippen molar-refractivity contribution in [3.8, 4) is 0 Å². The lowest BCUT2D eigenvalue weighted by Crippen LogP contribution is -2.61. The van der Waals surface area contributed by atoms with E-state index in [4.69, 9.17) is 0 Å². The highest BCUT2D eigenvalue weighted by atomic mass is 16.3. The first kappa shape index (κ1) is 16.4. The Kier molecular flexibility index (Phi) is 3.37. The second-order valence-corrected chi connectivity index (χ2v) is 10.4. The molecule has 0 aromatic carbocycles. The number of hydrogen-bond donors (Lipinski definition) is 3. The number of fused-ring (bicyclic) bond motifs is 3. The van der Waals surface area contributed by atoms with E-state index in [1.54, 1.807) is 0 Å². The average molecular weight is 322 g/mol. The molecule has 2 bridgehead atoms. The van der Waals surface area contributed by atoms with Crippen molar-refractivity contribution in [1.82, 2.24) is 0 Å². The lowest BCUT2D eigenvalue weighted by atomic mass is 9.40. The van der Waals surface area contributed by atoms with Crippen LogP contribution in [0.5, 0.6) is 0 Å². The third kappa shape index (κ3) is 1.99. The van der Waals surface area contributed by atoms with Gasteiger partial charge in [-0.2, -0.15) is 0 Å². The summed E-state index contributed by atoms with van der Waals surface area (Å²) in [5.41, 5.74) is -0.456. The molecule has 7 atom stereocenters. The van der Waals surface area contributed by atoms with Crippen LogP contribution in [0, 0.1) is 34.0 Å². The largest absolute Gasteiger partial charge is 0.393 e. The fraction of sp³-hybridized carbons (Fsp3) is 1.00. The number of aliphatic hydroxyl groups excluding tert-OH is 2. The maximum Gasteiger partial charge on any atom is 0.0910 e. The van der Waals surface area contributed by atoms with Gasteiger partial charge < -0.3 is 15.3 Å². The van der Waals surface area contributed by atoms with Crippen molar-refractivity contribution in [2.75, 3.05) is 6.61 Å². The summed E-state index contributed by atoms with van der Waals surface area (Å²) in [5.74, 6) is 1.20. The van der Waals surface area contributed by atoms with E-state index in [1.165, 1.54) is 25.7 Å². The summed E-state index contributed by atoms with van der Waals surface area (Å²) in [5, 5.41) is 31.9. The highest BCUT2D eigenvalue weighted by molar-refractivity contribution is 5.18. The van der Waals surface area contributed by atoms with Gasteiger partial charge in [-0.1, -0.05) is 27.2 Å². The molecule has 4 saturated carbocycles. The maximum absolute atomic E-state index is 11.2. The van der Waals surface area contributed by atoms with Crippen molar-refractivity contribution >= 4 is 0 Å². The van der Waals surface area contributed by atoms with Gasteiger partial charge >= 0.3 is 0 Å². The molecule has 0 aromatic heterocycles. The summed E-state index contributed by atoms with van der Waals surface area (Å²) >= 11 is 0. The highest BCUT2D eigenvalue weighted by Gasteiger charge is 2.68. The molecule has 1 spiro atoms. The first-order valence-electron chi connectivity index (χ1n) is 9.68. The minimum Gasteiger partial charge on any atom is -0.393 e. The summed E-state index contributed by atoms with van der Waals surface area (Å²) in [6, 6.07) is 0. The molecule has 3 heteroatoms. The van der Waals surface area contributed by atoms with Gasteiger partial charge in [0.25, 0.3) is 0 Å². The van der Waals surface area contributed by atoms with Crippen LogP contribution in [-0.4, -0.2) is 33.6 Å². The Morgan fingerprint density at radius 3 is 2.48 bits per heavy atom. The smallest absolute Gasteiger partial charge is 0.0910 e. The molecule has 0 aromatic rings. The number of aliphatic hydroxyl groups is 3. The Bertz CT molecular complexity index is 503. The van der Waals surface area contributed by atoms with E-state index in [0.29, 0.717) is 18.3 Å². The van der Waals surface area contributed by atoms with E-state index in [0.717, 1.165) is 19.3 Å². The minimum atomic E-state index is -0.901. The summed E-state index contributed by atoms with van der Waals surface area (Å²) < 4.78 is 0. The van der Waals surface area contributed by atoms with Crippen molar-refractivity contribution in [2.24, 2.45) is 34.0 Å². The molecule has 0 saturated heterocycles. The Balaban J connectivity index is 1.76. The summed E-state index contributed by atoms with van der Waals surface area (Å²) in [6.07, 6.45) is 8.18. The van der Waals surface area contributed by atoms with E-state index >= 15 is 0 Å². The zero-order valence-electron chi connectivity index (χ0n) is 15.0. The van der Waals surface area contributed by atoms with E-state index < -0.39 is 5.60 Å². The third-order valence-corrected chi connectivity index (χ3v) is 8.77. The van der Waals surface area contributed by atoms with Gasteiger partial charge in [0.1, 0.15) is 0 Å². The second-order valence-electron chi connectivity index (χ2n) is 10.4. The summed E-state index contributed by atoms with van der Waals surface area (Å²) in [6.45, 7) is 7.01. The van der Waals surface area contributed by atoms with Gasteiger partial charge in [-0.15, -0.1) is 0 Å². The Morgan fingerprint density at radius 2 is 1.78 bits per heavy atom. The van der Waals surface area contributed by atoms with E-state index in [-0.39, 0.29) is 34.9 Å². The van der Waals surface area contributed by atoms with Crippen LogP contribution in [0.1, 0.15) is 72.1 Å². The minimum absolute atomic E-state index is 0.0541. The van der Waals surface area contributed by atoms with E-state index in [1.807, 2.05) is 0 Å². The zero-order valence-corrected chi connectivity index (χ0v) is 15.0. The molecule has 0 unspecified atom stereocenters. The lowest BCUT2D eigenvalue weighted by Gasteiger charge is -2.65. The van der Waals surface area contributed by atoms with Gasteiger partial charge in [0.2, 0.25) is 0 Å². The fourth-order valence-electron chi connectivity index (χ4n) is 8.34. The van der Waals surface area contributed by atoms with Crippen LogP contribution < -0.4 is 0 Å². The van der Waals surface area contributed by atoms with Gasteiger partial charge in [-0.3, -0.25) is 0 Å². The molecular formula is C20H34O3. The Labute approximate surface area is 140 Å². The first-order chi connectivity index (χ1) is 10.7. The molecule has 4 fully saturated rings. The van der Waals surface area contributed by atoms with Crippen molar-refractivity contribution in [1.29, 1.82) is 0 Å². The van der Waals surface area contributed by atoms with Gasteiger partial charge in [0.05, 0.1) is 18.3 Å². The van der Waals surface area contributed by atoms with Crippen molar-refractivity contribution in [2.45, 2.75) is 83.8 Å². The monoisotopic (exact) mass is 322 g/mol. The van der Waals surface area contributed by atoms with Crippen LogP contribution in [0.2, 0.25) is 0 Å². The maximum atomic E-state index is 11.2. The van der Waals surface area contributed by atoms with Gasteiger partial charge in [-0.05, 0) is 78.9 Å². The molecule has 132 valence electrons. The predicted octanol–water partition coefficient (Wildman–Crippen LogP) is 3.11. The van der Waals surface area contributed by atoms with Crippen molar-refractivity contribution in [3.05, 3.63) is 0 Å². The van der Waals surface area contributed by atoms with Crippen LogP contribution >= 0.6 is 0 Å². The molecule has 4 rings (SSSR count). The molecular weight excluding hydrogens is 288 g/mol. The standard InChI is InChI=1S/C20H34O3/c1-17(2)7-4-8-18(3)15-6-5-13-9-19(15,10-14(22)16(17)18)11-20(13,23)12-21/h13-16,21-23H,4-12H2,1-3H3/t13-,14+,15-,16+,18-,19+,20-/m0/s1. The molecule has 0 heterocycles. The quantitative estimate of drug-likeness (QED) is 0.695. The first-order valence-corrected chi connectivity index (χ1v) is 9.68. The van der Waals surface area contributed by atoms with Crippen molar-refractivity contribution in [3.63, 3.8) is 0 Å². The van der Waals surface area contributed by atoms with Crippen molar-refractivity contribution < 1.29 is 15.3 Å². The second kappa shape index (κ2) is 4.74. The topological polar surface area (TPSA) is 60.7 Å². The lowest BCUT2D eigenvalue weighted by molar-refractivity contribution is -0.198.